The number of aromatic amines is 1. The van der Waals surface area contributed by atoms with Gasteiger partial charge in [0.05, 0.1) is 6.42 Å². The summed E-state index contributed by atoms with van der Waals surface area (Å²) < 4.78 is 0.676. The topological polar surface area (TPSA) is 85.4 Å². The van der Waals surface area contributed by atoms with Gasteiger partial charge in [0.1, 0.15) is 0 Å². The summed E-state index contributed by atoms with van der Waals surface area (Å²) in [5.74, 6) is -0.361. The molecule has 1 aromatic carbocycles. The highest BCUT2D eigenvalue weighted by Crippen LogP contribution is 2.24. The first kappa shape index (κ1) is 15.5. The Balaban J connectivity index is 1.83. The fraction of sp³-hybridized carbons (Fsp3) is 0.286. The first-order chi connectivity index (χ1) is 9.95. The van der Waals surface area contributed by atoms with Gasteiger partial charge in [-0.25, -0.2) is 0 Å². The third-order valence-electron chi connectivity index (χ3n) is 3.02. The zero-order valence-corrected chi connectivity index (χ0v) is 13.1. The molecule has 0 saturated carbocycles. The number of aryl methyl sites for hydroxylation is 1. The maximum atomic E-state index is 11.8. The van der Waals surface area contributed by atoms with Gasteiger partial charge in [0.2, 0.25) is 5.91 Å². The third kappa shape index (κ3) is 4.30. The molecule has 0 aliphatic carbocycles. The number of hydrogen-bond donors (Lipinski definition) is 4. The molecular formula is C14H16N2O3S2. The second-order valence-electron chi connectivity index (χ2n) is 4.66. The summed E-state index contributed by atoms with van der Waals surface area (Å²) in [6, 6.07) is 4.63. The Morgan fingerprint density at radius 3 is 2.76 bits per heavy atom. The lowest BCUT2D eigenvalue weighted by molar-refractivity contribution is -0.120. The molecule has 0 aliphatic heterocycles. The van der Waals surface area contributed by atoms with Crippen LogP contribution in [0.4, 0.5) is 0 Å². The van der Waals surface area contributed by atoms with E-state index in [4.69, 9.17) is 12.2 Å². The molecule has 0 atom stereocenters. The van der Waals surface area contributed by atoms with Gasteiger partial charge in [-0.15, -0.1) is 11.3 Å². The molecule has 0 spiro atoms. The summed E-state index contributed by atoms with van der Waals surface area (Å²) in [6.07, 6.45) is 0.895. The van der Waals surface area contributed by atoms with Gasteiger partial charge in [-0.1, -0.05) is 6.07 Å². The van der Waals surface area contributed by atoms with Crippen molar-refractivity contribution in [2.24, 2.45) is 0 Å². The first-order valence-electron chi connectivity index (χ1n) is 6.42. The largest absolute Gasteiger partial charge is 0.504 e. The van der Waals surface area contributed by atoms with Gasteiger partial charge in [-0.3, -0.25) is 4.79 Å². The molecule has 0 unspecified atom stereocenters. The molecule has 112 valence electrons. The second kappa shape index (κ2) is 6.73. The molecule has 1 heterocycles. The van der Waals surface area contributed by atoms with Crippen molar-refractivity contribution in [1.82, 2.24) is 10.3 Å². The number of benzene rings is 1. The summed E-state index contributed by atoms with van der Waals surface area (Å²) in [6.45, 7) is 2.37. The van der Waals surface area contributed by atoms with Crippen LogP contribution in [-0.4, -0.2) is 27.6 Å². The summed E-state index contributed by atoms with van der Waals surface area (Å²) in [5.41, 5.74) is 1.78. The molecule has 4 N–H and O–H groups in total. The van der Waals surface area contributed by atoms with Gasteiger partial charge in [-0.05, 0) is 43.3 Å². The second-order valence-corrected chi connectivity index (χ2v) is 6.43. The van der Waals surface area contributed by atoms with Gasteiger partial charge in [-0.2, -0.15) is 0 Å². The fourth-order valence-electron chi connectivity index (χ4n) is 1.88. The fourth-order valence-corrected chi connectivity index (χ4v) is 3.17. The number of aromatic hydroxyl groups is 2. The van der Waals surface area contributed by atoms with Gasteiger partial charge < -0.3 is 20.5 Å². The summed E-state index contributed by atoms with van der Waals surface area (Å²) >= 11 is 6.45. The number of carbonyl (C=O) groups is 1. The van der Waals surface area contributed by atoms with Crippen LogP contribution >= 0.6 is 23.6 Å². The summed E-state index contributed by atoms with van der Waals surface area (Å²) in [5, 5.41) is 21.4. The highest BCUT2D eigenvalue weighted by molar-refractivity contribution is 7.73. The number of thiazole rings is 1. The van der Waals surface area contributed by atoms with Gasteiger partial charge in [0.15, 0.2) is 15.5 Å². The molecule has 0 aliphatic rings. The average molecular weight is 324 g/mol. The van der Waals surface area contributed by atoms with Crippen molar-refractivity contribution < 1.29 is 15.0 Å². The van der Waals surface area contributed by atoms with Crippen molar-refractivity contribution in [3.8, 4) is 11.5 Å². The Morgan fingerprint density at radius 2 is 2.14 bits per heavy atom. The number of rotatable bonds is 5. The predicted molar refractivity (Wildman–Crippen MR) is 84.4 cm³/mol. The molecule has 2 rings (SSSR count). The number of phenolic OH excluding ortho intramolecular Hbond substituents is 2. The lowest BCUT2D eigenvalue weighted by atomic mass is 10.1. The normalized spacial score (nSPS) is 10.5. The van der Waals surface area contributed by atoms with E-state index in [1.807, 2.05) is 6.92 Å². The lowest BCUT2D eigenvalue weighted by Gasteiger charge is -2.06. The van der Waals surface area contributed by atoms with Crippen LogP contribution < -0.4 is 5.32 Å². The van der Waals surface area contributed by atoms with Crippen molar-refractivity contribution >= 4 is 29.5 Å². The van der Waals surface area contributed by atoms with Crippen molar-refractivity contribution in [2.75, 3.05) is 6.54 Å². The minimum atomic E-state index is -0.151. The molecular weight excluding hydrogens is 308 g/mol. The Hall–Kier alpha value is -1.86. The van der Waals surface area contributed by atoms with E-state index in [2.05, 4.69) is 10.3 Å². The van der Waals surface area contributed by atoms with Crippen LogP contribution in [0.5, 0.6) is 11.5 Å². The number of amides is 1. The smallest absolute Gasteiger partial charge is 0.225 e. The van der Waals surface area contributed by atoms with E-state index in [1.165, 1.54) is 23.5 Å². The number of H-pyrrole nitrogens is 1. The standard InChI is InChI=1S/C14H16N2O3S2/c1-8-12(21-14(20)16-8)7-13(19)15-5-4-9-2-3-10(17)11(18)6-9/h2-3,6,17-18H,4-5,7H2,1H3,(H,15,19)(H,16,20). The monoisotopic (exact) mass is 324 g/mol. The molecule has 0 saturated heterocycles. The van der Waals surface area contributed by atoms with E-state index < -0.39 is 0 Å². The SMILES string of the molecule is Cc1[nH]c(=S)sc1CC(=O)NCCc1ccc(O)c(O)c1. The third-order valence-corrected chi connectivity index (χ3v) is 4.36. The quantitative estimate of drug-likeness (QED) is 0.503. The summed E-state index contributed by atoms with van der Waals surface area (Å²) in [4.78, 5) is 15.8. The Labute approximate surface area is 131 Å². The molecule has 2 aromatic rings. The maximum absolute atomic E-state index is 11.8. The number of hydrogen-bond acceptors (Lipinski definition) is 5. The molecule has 7 heteroatoms. The van der Waals surface area contributed by atoms with E-state index in [0.29, 0.717) is 23.3 Å². The van der Waals surface area contributed by atoms with Gasteiger partial charge in [0, 0.05) is 17.1 Å². The Kier molecular flexibility index (Phi) is 4.98. The zero-order chi connectivity index (χ0) is 15.4. The number of nitrogens with one attached hydrogen (secondary N) is 2. The van der Waals surface area contributed by atoms with Crippen molar-refractivity contribution in [3.05, 3.63) is 38.3 Å². The molecule has 0 bridgehead atoms. The van der Waals surface area contributed by atoms with Crippen molar-refractivity contribution in [2.45, 2.75) is 19.8 Å². The molecule has 1 aromatic heterocycles. The molecule has 5 nitrogen and oxygen atoms in total. The molecule has 0 fully saturated rings. The van der Waals surface area contributed by atoms with E-state index in [0.717, 1.165) is 16.1 Å². The molecule has 21 heavy (non-hydrogen) atoms. The van der Waals surface area contributed by atoms with Crippen molar-refractivity contribution in [1.29, 1.82) is 0 Å². The predicted octanol–water partition coefficient (Wildman–Crippen LogP) is 2.43. The summed E-state index contributed by atoms with van der Waals surface area (Å²) in [7, 11) is 0. The van der Waals surface area contributed by atoms with E-state index in [9.17, 15) is 15.0 Å². The van der Waals surface area contributed by atoms with Crippen LogP contribution in [0.15, 0.2) is 18.2 Å². The minimum absolute atomic E-state index is 0.0636. The van der Waals surface area contributed by atoms with E-state index >= 15 is 0 Å². The van der Waals surface area contributed by atoms with Crippen LogP contribution in [0.1, 0.15) is 16.1 Å². The number of aromatic nitrogens is 1. The zero-order valence-electron chi connectivity index (χ0n) is 11.5. The van der Waals surface area contributed by atoms with E-state index in [1.54, 1.807) is 6.07 Å². The van der Waals surface area contributed by atoms with E-state index in [-0.39, 0.29) is 17.4 Å². The molecule has 0 radical (unpaired) electrons. The van der Waals surface area contributed by atoms with Crippen molar-refractivity contribution in [3.63, 3.8) is 0 Å². The van der Waals surface area contributed by atoms with Gasteiger partial charge >= 0.3 is 0 Å². The van der Waals surface area contributed by atoms with Crippen LogP contribution in [-0.2, 0) is 17.6 Å². The average Bonchev–Trinajstić information content (AvgIpc) is 2.72. The lowest BCUT2D eigenvalue weighted by Crippen LogP contribution is -2.27. The van der Waals surface area contributed by atoms with Crippen LogP contribution in [0.3, 0.4) is 0 Å². The first-order valence-corrected chi connectivity index (χ1v) is 7.64. The number of carbonyl (C=O) groups excluding carboxylic acids is 1. The van der Waals surface area contributed by atoms with Gasteiger partial charge in [0.25, 0.3) is 0 Å². The highest BCUT2D eigenvalue weighted by Gasteiger charge is 2.08. The highest BCUT2D eigenvalue weighted by atomic mass is 32.1. The van der Waals surface area contributed by atoms with Crippen LogP contribution in [0.2, 0.25) is 0 Å². The van der Waals surface area contributed by atoms with Crippen LogP contribution in [0, 0.1) is 10.9 Å². The number of phenols is 2. The Morgan fingerprint density at radius 1 is 1.38 bits per heavy atom. The Bertz CT molecular complexity index is 706. The minimum Gasteiger partial charge on any atom is -0.504 e. The maximum Gasteiger partial charge on any atom is 0.225 e. The molecule has 1 amide bonds. The van der Waals surface area contributed by atoms with Crippen LogP contribution in [0.25, 0.3) is 0 Å².